The van der Waals surface area contributed by atoms with Crippen LogP contribution in [0.15, 0.2) is 0 Å². The van der Waals surface area contributed by atoms with Gasteiger partial charge in [-0.1, -0.05) is 13.8 Å². The van der Waals surface area contributed by atoms with Crippen molar-refractivity contribution in [1.82, 2.24) is 4.90 Å². The number of carbonyl (C=O) groups is 1. The summed E-state index contributed by atoms with van der Waals surface area (Å²) >= 11 is 0. The number of ether oxygens (including phenoxy) is 2. The number of rotatable bonds is 3. The van der Waals surface area contributed by atoms with E-state index in [-0.39, 0.29) is 12.0 Å². The Morgan fingerprint density at radius 3 is 2.27 bits per heavy atom. The van der Waals surface area contributed by atoms with Crippen molar-refractivity contribution in [1.29, 1.82) is 0 Å². The van der Waals surface area contributed by atoms with E-state index >= 15 is 0 Å². The summed E-state index contributed by atoms with van der Waals surface area (Å²) in [6, 6.07) is 0. The van der Waals surface area contributed by atoms with Crippen LogP contribution in [-0.2, 0) is 9.47 Å². The molecule has 0 aromatic rings. The van der Waals surface area contributed by atoms with E-state index in [1.807, 2.05) is 13.8 Å². The van der Waals surface area contributed by atoms with Gasteiger partial charge in [0.2, 0.25) is 6.29 Å². The molecular formula is C11H21NO3. The molecule has 0 saturated carbocycles. The van der Waals surface area contributed by atoms with E-state index in [0.29, 0.717) is 0 Å². The molecule has 1 fully saturated rings. The van der Waals surface area contributed by atoms with Crippen molar-refractivity contribution in [2.75, 3.05) is 20.2 Å². The molecule has 0 radical (unpaired) electrons. The Hall–Kier alpha value is -0.770. The number of likely N-dealkylation sites (tertiary alicyclic amines) is 1. The Kier molecular flexibility index (Phi) is 4.88. The van der Waals surface area contributed by atoms with Crippen LogP contribution in [-0.4, -0.2) is 37.5 Å². The zero-order valence-corrected chi connectivity index (χ0v) is 9.86. The first kappa shape index (κ1) is 12.3. The van der Waals surface area contributed by atoms with Gasteiger partial charge < -0.3 is 14.4 Å². The molecule has 0 N–H and O–H groups in total. The molecule has 1 rings (SSSR count). The van der Waals surface area contributed by atoms with Gasteiger partial charge in [-0.25, -0.2) is 4.79 Å². The summed E-state index contributed by atoms with van der Waals surface area (Å²) < 4.78 is 10.4. The lowest BCUT2D eigenvalue weighted by Crippen LogP contribution is -2.39. The zero-order valence-electron chi connectivity index (χ0n) is 9.86. The number of nitrogens with zero attached hydrogens (tertiary/aromatic N) is 1. The van der Waals surface area contributed by atoms with Crippen LogP contribution in [0.25, 0.3) is 0 Å². The summed E-state index contributed by atoms with van der Waals surface area (Å²) in [5, 5.41) is 0. The summed E-state index contributed by atoms with van der Waals surface area (Å²) in [5.41, 5.74) is 0. The fourth-order valence-corrected chi connectivity index (χ4v) is 1.71. The number of amides is 1. The van der Waals surface area contributed by atoms with Crippen LogP contribution in [0.2, 0.25) is 0 Å². The van der Waals surface area contributed by atoms with Crippen molar-refractivity contribution >= 4 is 6.09 Å². The molecule has 1 saturated heterocycles. The number of hydrogen-bond donors (Lipinski definition) is 0. The SMILES string of the molecule is COC(OC(=O)N1CCCCC1)C(C)C. The van der Waals surface area contributed by atoms with Gasteiger partial charge in [0.25, 0.3) is 0 Å². The predicted molar refractivity (Wildman–Crippen MR) is 57.5 cm³/mol. The molecule has 15 heavy (non-hydrogen) atoms. The van der Waals surface area contributed by atoms with Gasteiger partial charge in [0.05, 0.1) is 0 Å². The van der Waals surface area contributed by atoms with Crippen LogP contribution >= 0.6 is 0 Å². The molecule has 4 nitrogen and oxygen atoms in total. The third-order valence-corrected chi connectivity index (χ3v) is 2.61. The van der Waals surface area contributed by atoms with Crippen LogP contribution in [0.1, 0.15) is 33.1 Å². The van der Waals surface area contributed by atoms with Gasteiger partial charge in [-0.3, -0.25) is 0 Å². The lowest BCUT2D eigenvalue weighted by molar-refractivity contribution is -0.117. The first-order valence-corrected chi connectivity index (χ1v) is 5.63. The normalized spacial score (nSPS) is 19.1. The van der Waals surface area contributed by atoms with Gasteiger partial charge in [0.15, 0.2) is 0 Å². The minimum atomic E-state index is -0.431. The number of methoxy groups -OCH3 is 1. The third-order valence-electron chi connectivity index (χ3n) is 2.61. The molecule has 1 aliphatic heterocycles. The van der Waals surface area contributed by atoms with Crippen LogP contribution in [0.4, 0.5) is 4.79 Å². The van der Waals surface area contributed by atoms with E-state index in [9.17, 15) is 4.79 Å². The van der Waals surface area contributed by atoms with Crippen molar-refractivity contribution in [3.8, 4) is 0 Å². The summed E-state index contributed by atoms with van der Waals surface area (Å²) in [5.74, 6) is 0.184. The minimum Gasteiger partial charge on any atom is -0.419 e. The van der Waals surface area contributed by atoms with Crippen LogP contribution in [0, 0.1) is 5.92 Å². The maximum Gasteiger partial charge on any atom is 0.412 e. The highest BCUT2D eigenvalue weighted by atomic mass is 16.7. The van der Waals surface area contributed by atoms with Crippen molar-refractivity contribution < 1.29 is 14.3 Å². The first-order valence-electron chi connectivity index (χ1n) is 5.63. The van der Waals surface area contributed by atoms with E-state index in [4.69, 9.17) is 9.47 Å². The van der Waals surface area contributed by atoms with Crippen molar-refractivity contribution in [3.63, 3.8) is 0 Å². The Balaban J connectivity index is 2.38. The second-order valence-electron chi connectivity index (χ2n) is 4.28. The molecule has 0 bridgehead atoms. The first-order chi connectivity index (χ1) is 7.15. The van der Waals surface area contributed by atoms with Gasteiger partial charge >= 0.3 is 6.09 Å². The second-order valence-corrected chi connectivity index (χ2v) is 4.28. The van der Waals surface area contributed by atoms with E-state index in [1.54, 1.807) is 12.0 Å². The highest BCUT2D eigenvalue weighted by Gasteiger charge is 2.23. The molecule has 1 unspecified atom stereocenters. The summed E-state index contributed by atoms with van der Waals surface area (Å²) in [7, 11) is 1.56. The molecule has 0 aromatic heterocycles. The van der Waals surface area contributed by atoms with Crippen molar-refractivity contribution in [3.05, 3.63) is 0 Å². The van der Waals surface area contributed by atoms with E-state index in [2.05, 4.69) is 0 Å². The average Bonchev–Trinajstić information content (AvgIpc) is 2.26. The standard InChI is InChI=1S/C11H21NO3/c1-9(2)10(14-3)15-11(13)12-7-5-4-6-8-12/h9-10H,4-8H2,1-3H3. The Morgan fingerprint density at radius 1 is 1.20 bits per heavy atom. The van der Waals surface area contributed by atoms with Crippen LogP contribution in [0.3, 0.4) is 0 Å². The highest BCUT2D eigenvalue weighted by Crippen LogP contribution is 2.13. The van der Waals surface area contributed by atoms with E-state index in [0.717, 1.165) is 25.9 Å². The summed E-state index contributed by atoms with van der Waals surface area (Å²) in [6.45, 7) is 5.57. The molecule has 1 aliphatic rings. The monoisotopic (exact) mass is 215 g/mol. The zero-order chi connectivity index (χ0) is 11.3. The van der Waals surface area contributed by atoms with Gasteiger partial charge in [-0.2, -0.15) is 0 Å². The van der Waals surface area contributed by atoms with Gasteiger partial charge in [0, 0.05) is 26.1 Å². The van der Waals surface area contributed by atoms with E-state index in [1.165, 1.54) is 6.42 Å². The van der Waals surface area contributed by atoms with Crippen LogP contribution in [0.5, 0.6) is 0 Å². The largest absolute Gasteiger partial charge is 0.419 e. The molecular weight excluding hydrogens is 194 g/mol. The Bertz CT molecular complexity index is 200. The molecule has 0 spiro atoms. The number of piperidine rings is 1. The van der Waals surface area contributed by atoms with Gasteiger partial charge in [-0.05, 0) is 19.3 Å². The van der Waals surface area contributed by atoms with Gasteiger partial charge in [0.1, 0.15) is 0 Å². The minimum absolute atomic E-state index is 0.184. The molecule has 88 valence electrons. The van der Waals surface area contributed by atoms with Crippen molar-refractivity contribution in [2.45, 2.75) is 39.4 Å². The van der Waals surface area contributed by atoms with Gasteiger partial charge in [-0.15, -0.1) is 0 Å². The molecule has 4 heteroatoms. The lowest BCUT2D eigenvalue weighted by atomic mass is 10.1. The average molecular weight is 215 g/mol. The second kappa shape index (κ2) is 5.95. The molecule has 1 heterocycles. The smallest absolute Gasteiger partial charge is 0.412 e. The fourth-order valence-electron chi connectivity index (χ4n) is 1.71. The summed E-state index contributed by atoms with van der Waals surface area (Å²) in [6.07, 6.45) is 2.69. The number of carbonyl (C=O) groups excluding carboxylic acids is 1. The van der Waals surface area contributed by atoms with E-state index < -0.39 is 6.29 Å². The molecule has 0 aliphatic carbocycles. The molecule has 1 atom stereocenters. The molecule has 0 aromatic carbocycles. The fraction of sp³-hybridized carbons (Fsp3) is 0.909. The lowest BCUT2D eigenvalue weighted by Gasteiger charge is -2.28. The molecule has 1 amide bonds. The predicted octanol–water partition coefficient (Wildman–Crippen LogP) is 2.24. The Labute approximate surface area is 91.5 Å². The number of hydrogen-bond acceptors (Lipinski definition) is 3. The highest BCUT2D eigenvalue weighted by molar-refractivity contribution is 5.67. The van der Waals surface area contributed by atoms with Crippen LogP contribution < -0.4 is 0 Å². The maximum absolute atomic E-state index is 11.7. The quantitative estimate of drug-likeness (QED) is 0.678. The topological polar surface area (TPSA) is 38.8 Å². The summed E-state index contributed by atoms with van der Waals surface area (Å²) in [4.78, 5) is 13.5. The Morgan fingerprint density at radius 2 is 1.80 bits per heavy atom. The maximum atomic E-state index is 11.7. The third kappa shape index (κ3) is 3.70. The van der Waals surface area contributed by atoms with Crippen molar-refractivity contribution in [2.24, 2.45) is 5.92 Å².